The van der Waals surface area contributed by atoms with Crippen molar-refractivity contribution in [3.63, 3.8) is 0 Å². The fourth-order valence-electron chi connectivity index (χ4n) is 1.74. The normalized spacial score (nSPS) is 36.6. The van der Waals surface area contributed by atoms with E-state index in [1.807, 2.05) is 6.08 Å². The molecule has 1 aliphatic heterocycles. The van der Waals surface area contributed by atoms with Gasteiger partial charge in [0.2, 0.25) is 0 Å². The molecule has 1 saturated heterocycles. The molecule has 0 unspecified atom stereocenters. The molecule has 0 amide bonds. The molecule has 1 nitrogen and oxygen atoms in total. The summed E-state index contributed by atoms with van der Waals surface area (Å²) >= 11 is 0. The molecule has 1 atom stereocenters. The quantitative estimate of drug-likeness (QED) is 0.528. The van der Waals surface area contributed by atoms with E-state index < -0.39 is 0 Å². The van der Waals surface area contributed by atoms with Gasteiger partial charge >= 0.3 is 0 Å². The maximum Gasteiger partial charge on any atom is 0.0839 e. The van der Waals surface area contributed by atoms with Crippen LogP contribution in [0.2, 0.25) is 0 Å². The lowest BCUT2D eigenvalue weighted by molar-refractivity contribution is -0.139. The zero-order valence-electron chi connectivity index (χ0n) is 7.81. The van der Waals surface area contributed by atoms with Crippen LogP contribution < -0.4 is 0 Å². The summed E-state index contributed by atoms with van der Waals surface area (Å²) in [6, 6.07) is 0. The van der Waals surface area contributed by atoms with E-state index in [0.29, 0.717) is 0 Å². The first kappa shape index (κ1) is 8.79. The summed E-state index contributed by atoms with van der Waals surface area (Å²) in [6.07, 6.45) is 5.44. The number of hydrogen-bond acceptors (Lipinski definition) is 1. The SMILES string of the molecule is C=C[C@]1(C)CCCC(C)(C)O1. The third-order valence-corrected chi connectivity index (χ3v) is 2.39. The molecule has 0 saturated carbocycles. The molecule has 0 bridgehead atoms. The van der Waals surface area contributed by atoms with E-state index in [9.17, 15) is 0 Å². The van der Waals surface area contributed by atoms with Gasteiger partial charge in [-0.05, 0) is 40.0 Å². The third kappa shape index (κ3) is 2.06. The van der Waals surface area contributed by atoms with Crippen molar-refractivity contribution in [2.24, 2.45) is 0 Å². The zero-order valence-corrected chi connectivity index (χ0v) is 7.81. The van der Waals surface area contributed by atoms with Crippen LogP contribution in [0, 0.1) is 0 Å². The van der Waals surface area contributed by atoms with Gasteiger partial charge in [0.15, 0.2) is 0 Å². The monoisotopic (exact) mass is 154 g/mol. The lowest BCUT2D eigenvalue weighted by Crippen LogP contribution is -2.41. The standard InChI is InChI=1S/C10H18O/c1-5-10(4)8-6-7-9(2,3)11-10/h5H,1,6-8H2,2-4H3/t10-/m1/s1. The van der Waals surface area contributed by atoms with Gasteiger partial charge < -0.3 is 4.74 Å². The Hall–Kier alpha value is -0.300. The van der Waals surface area contributed by atoms with Crippen LogP contribution in [0.15, 0.2) is 12.7 Å². The molecule has 1 aliphatic rings. The van der Waals surface area contributed by atoms with Crippen LogP contribution in [0.5, 0.6) is 0 Å². The topological polar surface area (TPSA) is 9.23 Å². The summed E-state index contributed by atoms with van der Waals surface area (Å²) in [5.74, 6) is 0. The molecule has 0 N–H and O–H groups in total. The molecule has 1 rings (SSSR count). The van der Waals surface area contributed by atoms with Crippen molar-refractivity contribution in [3.8, 4) is 0 Å². The largest absolute Gasteiger partial charge is 0.365 e. The molecule has 0 radical (unpaired) electrons. The first-order valence-corrected chi connectivity index (χ1v) is 4.31. The van der Waals surface area contributed by atoms with Crippen molar-refractivity contribution in [3.05, 3.63) is 12.7 Å². The Labute approximate surface area is 69.4 Å². The summed E-state index contributed by atoms with van der Waals surface area (Å²) in [5, 5.41) is 0. The van der Waals surface area contributed by atoms with Gasteiger partial charge in [0.05, 0.1) is 11.2 Å². The fraction of sp³-hybridized carbons (Fsp3) is 0.800. The highest BCUT2D eigenvalue weighted by atomic mass is 16.5. The Morgan fingerprint density at radius 3 is 2.27 bits per heavy atom. The second kappa shape index (κ2) is 2.63. The molecule has 0 aromatic heterocycles. The summed E-state index contributed by atoms with van der Waals surface area (Å²) in [6.45, 7) is 10.2. The average molecular weight is 154 g/mol. The lowest BCUT2D eigenvalue weighted by Gasteiger charge is -2.41. The molecule has 11 heavy (non-hydrogen) atoms. The van der Waals surface area contributed by atoms with Gasteiger partial charge in [-0.15, -0.1) is 6.58 Å². The second-order valence-electron chi connectivity index (χ2n) is 4.23. The van der Waals surface area contributed by atoms with Crippen molar-refractivity contribution in [1.29, 1.82) is 0 Å². The second-order valence-corrected chi connectivity index (χ2v) is 4.23. The van der Waals surface area contributed by atoms with Crippen LogP contribution >= 0.6 is 0 Å². The van der Waals surface area contributed by atoms with Crippen molar-refractivity contribution in [2.75, 3.05) is 0 Å². The minimum atomic E-state index is -0.0816. The highest BCUT2D eigenvalue weighted by molar-refractivity contribution is 4.98. The van der Waals surface area contributed by atoms with Gasteiger partial charge in [-0.2, -0.15) is 0 Å². The van der Waals surface area contributed by atoms with Crippen LogP contribution in [0.25, 0.3) is 0 Å². The summed E-state index contributed by atoms with van der Waals surface area (Å²) in [5.41, 5.74) is -0.0388. The molecule has 0 aliphatic carbocycles. The van der Waals surface area contributed by atoms with Gasteiger partial charge in [0, 0.05) is 0 Å². The van der Waals surface area contributed by atoms with Gasteiger partial charge in [-0.25, -0.2) is 0 Å². The lowest BCUT2D eigenvalue weighted by atomic mass is 9.88. The van der Waals surface area contributed by atoms with Gasteiger partial charge in [0.25, 0.3) is 0 Å². The minimum Gasteiger partial charge on any atom is -0.365 e. The molecule has 1 heteroatoms. The Kier molecular flexibility index (Phi) is 2.10. The molecule has 0 aromatic rings. The van der Waals surface area contributed by atoms with E-state index in [1.54, 1.807) is 0 Å². The number of rotatable bonds is 1. The van der Waals surface area contributed by atoms with E-state index in [1.165, 1.54) is 6.42 Å². The smallest absolute Gasteiger partial charge is 0.0839 e. The van der Waals surface area contributed by atoms with E-state index >= 15 is 0 Å². The van der Waals surface area contributed by atoms with Crippen molar-refractivity contribution in [2.45, 2.75) is 51.2 Å². The minimum absolute atomic E-state index is 0.0428. The van der Waals surface area contributed by atoms with E-state index in [0.717, 1.165) is 12.8 Å². The Balaban J connectivity index is 2.66. The first-order valence-electron chi connectivity index (χ1n) is 4.31. The average Bonchev–Trinajstić information content (AvgIpc) is 1.85. The van der Waals surface area contributed by atoms with Gasteiger partial charge in [-0.1, -0.05) is 6.08 Å². The van der Waals surface area contributed by atoms with Crippen LogP contribution in [-0.4, -0.2) is 11.2 Å². The number of hydrogen-bond donors (Lipinski definition) is 0. The Bertz CT molecular complexity index is 160. The molecule has 1 heterocycles. The van der Waals surface area contributed by atoms with Crippen LogP contribution in [0.1, 0.15) is 40.0 Å². The summed E-state index contributed by atoms with van der Waals surface area (Å²) in [7, 11) is 0. The molecule has 1 fully saturated rings. The third-order valence-electron chi connectivity index (χ3n) is 2.39. The Morgan fingerprint density at radius 1 is 1.27 bits per heavy atom. The molecule has 0 aromatic carbocycles. The highest BCUT2D eigenvalue weighted by Crippen LogP contribution is 2.35. The first-order chi connectivity index (χ1) is 4.97. The Morgan fingerprint density at radius 2 is 1.91 bits per heavy atom. The maximum atomic E-state index is 5.89. The maximum absolute atomic E-state index is 5.89. The summed E-state index contributed by atoms with van der Waals surface area (Å²) in [4.78, 5) is 0. The van der Waals surface area contributed by atoms with Crippen molar-refractivity contribution < 1.29 is 4.74 Å². The van der Waals surface area contributed by atoms with Crippen LogP contribution in [0.3, 0.4) is 0 Å². The predicted molar refractivity (Wildman–Crippen MR) is 47.6 cm³/mol. The number of ether oxygens (including phenoxy) is 1. The molecular weight excluding hydrogens is 136 g/mol. The molecular formula is C10H18O. The van der Waals surface area contributed by atoms with Gasteiger partial charge in [0.1, 0.15) is 0 Å². The summed E-state index contributed by atoms with van der Waals surface area (Å²) < 4.78 is 5.89. The van der Waals surface area contributed by atoms with E-state index in [2.05, 4.69) is 27.4 Å². The van der Waals surface area contributed by atoms with Crippen molar-refractivity contribution >= 4 is 0 Å². The van der Waals surface area contributed by atoms with Crippen molar-refractivity contribution in [1.82, 2.24) is 0 Å². The van der Waals surface area contributed by atoms with Gasteiger partial charge in [-0.3, -0.25) is 0 Å². The zero-order chi connectivity index (χ0) is 8.54. The highest BCUT2D eigenvalue weighted by Gasteiger charge is 2.34. The molecule has 64 valence electrons. The van der Waals surface area contributed by atoms with E-state index in [4.69, 9.17) is 4.74 Å². The predicted octanol–water partition coefficient (Wildman–Crippen LogP) is 2.91. The molecule has 0 spiro atoms. The van der Waals surface area contributed by atoms with Crippen LogP contribution in [0.4, 0.5) is 0 Å². The van der Waals surface area contributed by atoms with E-state index in [-0.39, 0.29) is 11.2 Å². The fourth-order valence-corrected chi connectivity index (χ4v) is 1.74. The van der Waals surface area contributed by atoms with Crippen LogP contribution in [-0.2, 0) is 4.74 Å².